The van der Waals surface area contributed by atoms with Gasteiger partial charge in [0.25, 0.3) is 0 Å². The number of nitrogens with one attached hydrogen (secondary N) is 1. The molecule has 0 unspecified atom stereocenters. The van der Waals surface area contributed by atoms with Crippen LogP contribution in [0.1, 0.15) is 11.1 Å². The Balaban J connectivity index is 1.66. The summed E-state index contributed by atoms with van der Waals surface area (Å²) in [5.41, 5.74) is 2.64. The van der Waals surface area contributed by atoms with Crippen LogP contribution in [0.5, 0.6) is 5.75 Å². The third kappa shape index (κ3) is 5.04. The Morgan fingerprint density at radius 1 is 0.846 bits per heavy atom. The number of ether oxygens (including phenoxy) is 1. The first-order valence-electron chi connectivity index (χ1n) is 7.86. The predicted molar refractivity (Wildman–Crippen MR) is 106 cm³/mol. The lowest BCUT2D eigenvalue weighted by atomic mass is 10.2. The van der Waals surface area contributed by atoms with Crippen LogP contribution >= 0.6 is 34.8 Å². The molecule has 0 bridgehead atoms. The van der Waals surface area contributed by atoms with Crippen molar-refractivity contribution in [1.82, 2.24) is 0 Å². The molecule has 3 aromatic rings. The molecule has 134 valence electrons. The van der Waals surface area contributed by atoms with Crippen molar-refractivity contribution in [3.8, 4) is 5.75 Å². The number of benzene rings is 3. The number of halogens is 4. The summed E-state index contributed by atoms with van der Waals surface area (Å²) in [7, 11) is 0. The maximum absolute atomic E-state index is 12.9. The van der Waals surface area contributed by atoms with Crippen LogP contribution in [0.4, 0.5) is 10.1 Å². The van der Waals surface area contributed by atoms with Crippen LogP contribution in [-0.4, -0.2) is 0 Å². The molecule has 3 rings (SSSR count). The fraction of sp³-hybridized carbons (Fsp3) is 0.100. The minimum atomic E-state index is -0.290. The van der Waals surface area contributed by atoms with Gasteiger partial charge in [-0.05, 0) is 53.6 Å². The van der Waals surface area contributed by atoms with Crippen LogP contribution in [-0.2, 0) is 13.2 Å². The minimum Gasteiger partial charge on any atom is -0.486 e. The second-order valence-electron chi connectivity index (χ2n) is 5.67. The Morgan fingerprint density at radius 2 is 1.54 bits per heavy atom. The molecule has 0 spiro atoms. The van der Waals surface area contributed by atoms with E-state index in [9.17, 15) is 4.39 Å². The summed E-state index contributed by atoms with van der Waals surface area (Å²) in [5.74, 6) is 0.116. The first kappa shape index (κ1) is 18.8. The summed E-state index contributed by atoms with van der Waals surface area (Å²) in [6.45, 7) is 0.790. The van der Waals surface area contributed by atoms with Gasteiger partial charge in [-0.1, -0.05) is 53.0 Å². The Morgan fingerprint density at radius 3 is 2.19 bits per heavy atom. The van der Waals surface area contributed by atoms with Gasteiger partial charge in [0.2, 0.25) is 0 Å². The summed E-state index contributed by atoms with van der Waals surface area (Å²) in [5, 5.41) is 4.76. The lowest BCUT2D eigenvalue weighted by molar-refractivity contribution is 0.306. The highest BCUT2D eigenvalue weighted by Crippen LogP contribution is 2.35. The van der Waals surface area contributed by atoms with Crippen LogP contribution in [0.25, 0.3) is 0 Å². The average molecular weight is 411 g/mol. The van der Waals surface area contributed by atoms with Gasteiger partial charge in [0.05, 0.1) is 10.0 Å². The van der Waals surface area contributed by atoms with E-state index in [2.05, 4.69) is 5.32 Å². The van der Waals surface area contributed by atoms with Crippen molar-refractivity contribution in [1.29, 1.82) is 0 Å². The number of rotatable bonds is 6. The Labute approximate surface area is 166 Å². The SMILES string of the molecule is Fc1ccc(COc2c(Cl)cc(CNc3cccc(Cl)c3)cc2Cl)cc1. The summed E-state index contributed by atoms with van der Waals surface area (Å²) in [6.07, 6.45) is 0. The fourth-order valence-corrected chi connectivity index (χ4v) is 3.22. The van der Waals surface area contributed by atoms with E-state index in [1.165, 1.54) is 12.1 Å². The van der Waals surface area contributed by atoms with E-state index in [1.54, 1.807) is 24.3 Å². The molecular formula is C20H15Cl3FNO. The maximum Gasteiger partial charge on any atom is 0.156 e. The number of anilines is 1. The van der Waals surface area contributed by atoms with Gasteiger partial charge in [-0.3, -0.25) is 0 Å². The van der Waals surface area contributed by atoms with Crippen molar-refractivity contribution >= 4 is 40.5 Å². The zero-order valence-corrected chi connectivity index (χ0v) is 15.9. The van der Waals surface area contributed by atoms with E-state index in [4.69, 9.17) is 39.5 Å². The molecule has 1 N–H and O–H groups in total. The quantitative estimate of drug-likeness (QED) is 0.473. The summed E-state index contributed by atoms with van der Waals surface area (Å²) in [4.78, 5) is 0. The third-order valence-corrected chi connectivity index (χ3v) is 4.47. The summed E-state index contributed by atoms with van der Waals surface area (Å²) in [6, 6.07) is 17.1. The van der Waals surface area contributed by atoms with E-state index in [0.29, 0.717) is 27.4 Å². The van der Waals surface area contributed by atoms with Gasteiger partial charge in [0.15, 0.2) is 5.75 Å². The lowest BCUT2D eigenvalue weighted by Gasteiger charge is -2.13. The van der Waals surface area contributed by atoms with Crippen LogP contribution in [0.2, 0.25) is 15.1 Å². The summed E-state index contributed by atoms with van der Waals surface area (Å²) >= 11 is 18.6. The molecule has 0 aliphatic carbocycles. The predicted octanol–water partition coefficient (Wildman–Crippen LogP) is 6.98. The van der Waals surface area contributed by atoms with Crippen molar-refractivity contribution in [2.75, 3.05) is 5.32 Å². The smallest absolute Gasteiger partial charge is 0.156 e. The molecule has 26 heavy (non-hydrogen) atoms. The normalized spacial score (nSPS) is 10.6. The van der Waals surface area contributed by atoms with E-state index in [1.807, 2.05) is 24.3 Å². The molecule has 0 amide bonds. The van der Waals surface area contributed by atoms with E-state index < -0.39 is 0 Å². The molecule has 0 aliphatic heterocycles. The van der Waals surface area contributed by atoms with Gasteiger partial charge in [-0.25, -0.2) is 4.39 Å². The molecule has 0 heterocycles. The molecule has 2 nitrogen and oxygen atoms in total. The maximum atomic E-state index is 12.9. The lowest BCUT2D eigenvalue weighted by Crippen LogP contribution is -2.01. The second kappa shape index (κ2) is 8.63. The molecule has 0 saturated carbocycles. The number of hydrogen-bond acceptors (Lipinski definition) is 2. The van der Waals surface area contributed by atoms with Gasteiger partial charge < -0.3 is 10.1 Å². The van der Waals surface area contributed by atoms with E-state index >= 15 is 0 Å². The van der Waals surface area contributed by atoms with Gasteiger partial charge in [0.1, 0.15) is 12.4 Å². The van der Waals surface area contributed by atoms with Crippen molar-refractivity contribution in [3.05, 3.63) is 92.7 Å². The molecule has 0 saturated heterocycles. The molecule has 0 aliphatic rings. The highest BCUT2D eigenvalue weighted by atomic mass is 35.5. The third-order valence-electron chi connectivity index (χ3n) is 3.68. The zero-order chi connectivity index (χ0) is 18.5. The van der Waals surface area contributed by atoms with Crippen LogP contribution in [0.3, 0.4) is 0 Å². The molecule has 0 aromatic heterocycles. The van der Waals surface area contributed by atoms with Gasteiger partial charge >= 0.3 is 0 Å². The number of hydrogen-bond donors (Lipinski definition) is 1. The fourth-order valence-electron chi connectivity index (χ4n) is 2.39. The minimum absolute atomic E-state index is 0.250. The molecule has 3 aromatic carbocycles. The van der Waals surface area contributed by atoms with Crippen molar-refractivity contribution in [2.45, 2.75) is 13.2 Å². The molecule has 0 radical (unpaired) electrons. The van der Waals surface area contributed by atoms with Gasteiger partial charge in [0, 0.05) is 17.3 Å². The highest BCUT2D eigenvalue weighted by molar-refractivity contribution is 6.37. The Bertz CT molecular complexity index is 877. The second-order valence-corrected chi connectivity index (χ2v) is 6.92. The van der Waals surface area contributed by atoms with E-state index in [-0.39, 0.29) is 12.4 Å². The first-order valence-corrected chi connectivity index (χ1v) is 8.99. The molecule has 0 atom stereocenters. The van der Waals surface area contributed by atoms with Gasteiger partial charge in [-0.15, -0.1) is 0 Å². The van der Waals surface area contributed by atoms with Crippen LogP contribution in [0, 0.1) is 5.82 Å². The zero-order valence-electron chi connectivity index (χ0n) is 13.6. The average Bonchev–Trinajstić information content (AvgIpc) is 2.61. The molecular weight excluding hydrogens is 396 g/mol. The topological polar surface area (TPSA) is 21.3 Å². The Hall–Kier alpha value is -1.94. The standard InChI is InChI=1S/C20H15Cl3FNO/c21-15-2-1-3-17(10-15)25-11-14-8-18(22)20(19(23)9-14)26-12-13-4-6-16(24)7-5-13/h1-10,25H,11-12H2. The van der Waals surface area contributed by atoms with Crippen molar-refractivity contribution in [3.63, 3.8) is 0 Å². The monoisotopic (exact) mass is 409 g/mol. The van der Waals surface area contributed by atoms with Crippen molar-refractivity contribution < 1.29 is 9.13 Å². The van der Waals surface area contributed by atoms with Crippen molar-refractivity contribution in [2.24, 2.45) is 0 Å². The molecule has 6 heteroatoms. The van der Waals surface area contributed by atoms with Crippen LogP contribution in [0.15, 0.2) is 60.7 Å². The summed E-state index contributed by atoms with van der Waals surface area (Å²) < 4.78 is 18.6. The van der Waals surface area contributed by atoms with Gasteiger partial charge in [-0.2, -0.15) is 0 Å². The first-order chi connectivity index (χ1) is 12.5. The van der Waals surface area contributed by atoms with Crippen LogP contribution < -0.4 is 10.1 Å². The largest absolute Gasteiger partial charge is 0.486 e. The Kier molecular flexibility index (Phi) is 6.25. The van der Waals surface area contributed by atoms with E-state index in [0.717, 1.165) is 16.8 Å². The highest BCUT2D eigenvalue weighted by Gasteiger charge is 2.10. The molecule has 0 fully saturated rings.